The second-order valence-electron chi connectivity index (χ2n) is 4.96. The predicted octanol–water partition coefficient (Wildman–Crippen LogP) is -2.36. The molecule has 100 valence electrons. The van der Waals surface area contributed by atoms with Crippen molar-refractivity contribution >= 4 is 18.5 Å². The molecule has 20 heavy (non-hydrogen) atoms. The Bertz CT molecular complexity index is 511. The largest absolute Gasteiger partial charge is 1.00 e. The van der Waals surface area contributed by atoms with Gasteiger partial charge in [0, 0.05) is 11.0 Å². The minimum absolute atomic E-state index is 0. The summed E-state index contributed by atoms with van der Waals surface area (Å²) in [5, 5.41) is 21.3. The first kappa shape index (κ1) is 18.1. The zero-order valence-electron chi connectivity index (χ0n) is 11.8. The summed E-state index contributed by atoms with van der Waals surface area (Å²) in [6.45, 7) is 4.59. The molecule has 2 aliphatic rings. The molecule has 2 rings (SSSR count). The molecule has 1 saturated heterocycles. The SMILES string of the molecule is CCN1CCC2(CC1)C(C#N)=C([S-])NC(=O)C2C#N.[K+]. The normalized spacial score (nSPS) is 25.4. The Morgan fingerprint density at radius 1 is 1.45 bits per heavy atom. The van der Waals surface area contributed by atoms with Crippen molar-refractivity contribution < 1.29 is 56.2 Å². The average Bonchev–Trinajstić information content (AvgIpc) is 2.40. The van der Waals surface area contributed by atoms with Crippen molar-refractivity contribution in [2.75, 3.05) is 19.6 Å². The number of allylic oxidation sites excluding steroid dienone is 1. The first-order chi connectivity index (χ1) is 9.08. The Morgan fingerprint density at radius 2 is 2.05 bits per heavy atom. The van der Waals surface area contributed by atoms with Crippen LogP contribution in [0.2, 0.25) is 0 Å². The van der Waals surface area contributed by atoms with E-state index in [0.717, 1.165) is 19.6 Å². The maximum Gasteiger partial charge on any atom is 1.00 e. The van der Waals surface area contributed by atoms with Crippen LogP contribution in [0.25, 0.3) is 0 Å². The van der Waals surface area contributed by atoms with Crippen LogP contribution in [0.1, 0.15) is 19.8 Å². The molecular weight excluding hydrogens is 299 g/mol. The van der Waals surface area contributed by atoms with Gasteiger partial charge in [0.05, 0.1) is 12.1 Å². The molecule has 0 aliphatic carbocycles. The molecule has 2 aliphatic heterocycles. The molecule has 2 heterocycles. The molecule has 1 N–H and O–H groups in total. The van der Waals surface area contributed by atoms with Crippen LogP contribution in [0.15, 0.2) is 10.6 Å². The third kappa shape index (κ3) is 2.95. The van der Waals surface area contributed by atoms with Gasteiger partial charge in [-0.3, -0.25) is 4.79 Å². The molecule has 1 spiro atoms. The van der Waals surface area contributed by atoms with Crippen molar-refractivity contribution in [3.63, 3.8) is 0 Å². The smallest absolute Gasteiger partial charge is 0.761 e. The number of carbonyl (C=O) groups excluding carboxylic acids is 1. The Morgan fingerprint density at radius 3 is 2.50 bits per heavy atom. The third-order valence-corrected chi connectivity index (χ3v) is 4.52. The van der Waals surface area contributed by atoms with Crippen LogP contribution >= 0.6 is 0 Å². The summed E-state index contributed by atoms with van der Waals surface area (Å²) in [6, 6.07) is 4.19. The van der Waals surface area contributed by atoms with Crippen molar-refractivity contribution in [3.05, 3.63) is 10.6 Å². The van der Waals surface area contributed by atoms with Crippen LogP contribution in [0.5, 0.6) is 0 Å². The fourth-order valence-electron chi connectivity index (χ4n) is 3.02. The number of carbonyl (C=O) groups is 1. The number of hydrogen-bond donors (Lipinski definition) is 1. The molecule has 1 atom stereocenters. The summed E-state index contributed by atoms with van der Waals surface area (Å²) in [6.07, 6.45) is 1.27. The molecule has 1 unspecified atom stereocenters. The molecular formula is C13H15KN4OS. The van der Waals surface area contributed by atoms with Crippen LogP contribution < -0.4 is 56.7 Å². The monoisotopic (exact) mass is 314 g/mol. The first-order valence-corrected chi connectivity index (χ1v) is 6.74. The number of likely N-dealkylation sites (tertiary alicyclic amines) is 1. The van der Waals surface area contributed by atoms with E-state index in [9.17, 15) is 15.3 Å². The number of rotatable bonds is 1. The Hall–Kier alpha value is 0.00636. The van der Waals surface area contributed by atoms with Gasteiger partial charge < -0.3 is 22.8 Å². The number of piperidine rings is 1. The van der Waals surface area contributed by atoms with E-state index in [-0.39, 0.29) is 62.3 Å². The number of nitrogens with one attached hydrogen (secondary N) is 1. The molecule has 1 fully saturated rings. The molecule has 0 aromatic carbocycles. The van der Waals surface area contributed by atoms with Crippen LogP contribution in [0, 0.1) is 34.0 Å². The third-order valence-electron chi connectivity index (χ3n) is 4.21. The summed E-state index contributed by atoms with van der Waals surface area (Å²) in [7, 11) is 0. The summed E-state index contributed by atoms with van der Waals surface area (Å²) in [5.74, 6) is -1.18. The van der Waals surface area contributed by atoms with Crippen LogP contribution in [0.3, 0.4) is 0 Å². The standard InChI is InChI=1S/C13H16N4OS.K/c1-2-17-5-3-13(4-6-17)9(7-14)11(18)16-12(19)10(13)8-15;/h9,19H,2-6H2,1H3,(H,16,18);/q;+1/p-1. The summed E-state index contributed by atoms with van der Waals surface area (Å²) >= 11 is 5.10. The second-order valence-corrected chi connectivity index (χ2v) is 5.37. The predicted molar refractivity (Wildman–Crippen MR) is 71.0 cm³/mol. The molecule has 0 aromatic heterocycles. The Balaban J connectivity index is 0.00000200. The maximum absolute atomic E-state index is 12.0. The molecule has 0 bridgehead atoms. The molecule has 0 saturated carbocycles. The van der Waals surface area contributed by atoms with E-state index >= 15 is 0 Å². The van der Waals surface area contributed by atoms with Gasteiger partial charge in [0.2, 0.25) is 5.91 Å². The van der Waals surface area contributed by atoms with Gasteiger partial charge in [-0.15, -0.1) is 0 Å². The van der Waals surface area contributed by atoms with Crippen molar-refractivity contribution in [1.82, 2.24) is 10.2 Å². The average molecular weight is 314 g/mol. The van der Waals surface area contributed by atoms with Gasteiger partial charge in [-0.25, -0.2) is 0 Å². The molecule has 7 heteroatoms. The molecule has 5 nitrogen and oxygen atoms in total. The van der Waals surface area contributed by atoms with Crippen molar-refractivity contribution in [2.45, 2.75) is 19.8 Å². The quantitative estimate of drug-likeness (QED) is 0.433. The van der Waals surface area contributed by atoms with Gasteiger partial charge in [-0.05, 0) is 32.5 Å². The second kappa shape index (κ2) is 7.32. The van der Waals surface area contributed by atoms with Crippen molar-refractivity contribution in [1.29, 1.82) is 10.5 Å². The van der Waals surface area contributed by atoms with E-state index in [1.165, 1.54) is 0 Å². The van der Waals surface area contributed by atoms with Gasteiger partial charge in [0.1, 0.15) is 5.92 Å². The van der Waals surface area contributed by atoms with Crippen LogP contribution in [0.4, 0.5) is 0 Å². The topological polar surface area (TPSA) is 79.9 Å². The van der Waals surface area contributed by atoms with Gasteiger partial charge in [0.15, 0.2) is 0 Å². The first-order valence-electron chi connectivity index (χ1n) is 6.33. The summed E-state index contributed by atoms with van der Waals surface area (Å²) < 4.78 is 0. The van der Waals surface area contributed by atoms with E-state index in [0.29, 0.717) is 18.4 Å². The van der Waals surface area contributed by atoms with Gasteiger partial charge in [-0.2, -0.15) is 10.5 Å². The van der Waals surface area contributed by atoms with Gasteiger partial charge >= 0.3 is 51.4 Å². The molecule has 1 amide bonds. The van der Waals surface area contributed by atoms with Crippen molar-refractivity contribution in [2.24, 2.45) is 11.3 Å². The molecule has 0 radical (unpaired) electrons. The summed E-state index contributed by atoms with van der Waals surface area (Å²) in [5.41, 5.74) is -0.279. The Labute approximate surface area is 167 Å². The van der Waals surface area contributed by atoms with Gasteiger partial charge in [0.25, 0.3) is 0 Å². The zero-order valence-corrected chi connectivity index (χ0v) is 15.7. The number of nitrogens with zero attached hydrogens (tertiary/aromatic N) is 3. The van der Waals surface area contributed by atoms with E-state index in [1.54, 1.807) is 0 Å². The number of hydrogen-bond acceptors (Lipinski definition) is 5. The van der Waals surface area contributed by atoms with Crippen LogP contribution in [-0.4, -0.2) is 30.4 Å². The molecule has 0 aromatic rings. The zero-order chi connectivity index (χ0) is 14.0. The minimum Gasteiger partial charge on any atom is -0.761 e. The van der Waals surface area contributed by atoms with E-state index in [1.807, 2.05) is 0 Å². The van der Waals surface area contributed by atoms with E-state index < -0.39 is 11.3 Å². The summed E-state index contributed by atoms with van der Waals surface area (Å²) in [4.78, 5) is 14.2. The number of nitriles is 2. The van der Waals surface area contributed by atoms with E-state index in [2.05, 4.69) is 29.3 Å². The Kier molecular flexibility index (Phi) is 6.61. The fourth-order valence-corrected chi connectivity index (χ4v) is 3.37. The minimum atomic E-state index is -0.812. The van der Waals surface area contributed by atoms with Gasteiger partial charge in [-0.1, -0.05) is 12.0 Å². The maximum atomic E-state index is 12.0. The van der Waals surface area contributed by atoms with Crippen molar-refractivity contribution in [3.8, 4) is 12.1 Å². The van der Waals surface area contributed by atoms with E-state index in [4.69, 9.17) is 12.6 Å². The van der Waals surface area contributed by atoms with Crippen LogP contribution in [-0.2, 0) is 17.4 Å². The number of amides is 1. The fraction of sp³-hybridized carbons (Fsp3) is 0.615.